The molecule has 0 unspecified atom stereocenters. The molecule has 1 N–H and O–H groups in total. The maximum atomic E-state index is 12.8. The van der Waals surface area contributed by atoms with Crippen LogP contribution in [-0.4, -0.2) is 43.6 Å². The summed E-state index contributed by atoms with van der Waals surface area (Å²) in [7, 11) is -1.89. The minimum Gasteiger partial charge on any atom is -0.478 e. The van der Waals surface area contributed by atoms with Gasteiger partial charge in [0.05, 0.1) is 11.4 Å². The van der Waals surface area contributed by atoms with Gasteiger partial charge in [0.1, 0.15) is 17.1 Å². The van der Waals surface area contributed by atoms with Crippen LogP contribution in [0.25, 0.3) is 0 Å². The predicted molar refractivity (Wildman–Crippen MR) is 95.1 cm³/mol. The van der Waals surface area contributed by atoms with E-state index in [1.807, 2.05) is 6.92 Å². The standard InChI is InChI=1S/C18H21NO6S/c1-5-12-6-7-14(26(4,23)24)9-16(12)17(20)19(3)10-13-8-15(18(21)22)11(2)25-13/h6-9H,5,10H2,1-4H3,(H,21,22). The van der Waals surface area contributed by atoms with Crippen molar-refractivity contribution in [1.82, 2.24) is 4.90 Å². The molecule has 0 fully saturated rings. The zero-order valence-electron chi connectivity index (χ0n) is 15.1. The van der Waals surface area contributed by atoms with Crippen LogP contribution in [0.3, 0.4) is 0 Å². The van der Waals surface area contributed by atoms with Gasteiger partial charge in [0.15, 0.2) is 9.84 Å². The molecule has 0 aliphatic carbocycles. The minimum absolute atomic E-state index is 0.0502. The van der Waals surface area contributed by atoms with Crippen molar-refractivity contribution in [2.75, 3.05) is 13.3 Å². The molecule has 0 saturated carbocycles. The largest absolute Gasteiger partial charge is 0.478 e. The van der Waals surface area contributed by atoms with Gasteiger partial charge in [0.2, 0.25) is 0 Å². The molecule has 0 aliphatic rings. The van der Waals surface area contributed by atoms with Gasteiger partial charge >= 0.3 is 5.97 Å². The summed E-state index contributed by atoms with van der Waals surface area (Å²) in [6, 6.07) is 5.88. The Kier molecular flexibility index (Phi) is 5.56. The number of amides is 1. The van der Waals surface area contributed by atoms with Gasteiger partial charge in [-0.1, -0.05) is 13.0 Å². The average molecular weight is 379 g/mol. The van der Waals surface area contributed by atoms with Gasteiger partial charge in [0.25, 0.3) is 5.91 Å². The molecule has 7 nitrogen and oxygen atoms in total. The first kappa shape index (κ1) is 19.7. The lowest BCUT2D eigenvalue weighted by atomic mass is 10.0. The number of benzene rings is 1. The smallest absolute Gasteiger partial charge is 0.339 e. The van der Waals surface area contributed by atoms with Crippen molar-refractivity contribution in [2.24, 2.45) is 0 Å². The maximum absolute atomic E-state index is 12.8. The van der Waals surface area contributed by atoms with E-state index >= 15 is 0 Å². The number of aromatic carboxylic acids is 1. The molecule has 1 amide bonds. The van der Waals surface area contributed by atoms with E-state index in [0.717, 1.165) is 11.8 Å². The second-order valence-electron chi connectivity index (χ2n) is 6.09. The monoisotopic (exact) mass is 379 g/mol. The fraction of sp³-hybridized carbons (Fsp3) is 0.333. The number of hydrogen-bond acceptors (Lipinski definition) is 5. The average Bonchev–Trinajstić information content (AvgIpc) is 2.93. The van der Waals surface area contributed by atoms with E-state index in [2.05, 4.69) is 0 Å². The van der Waals surface area contributed by atoms with Crippen LogP contribution in [0.15, 0.2) is 33.6 Å². The Morgan fingerprint density at radius 2 is 1.85 bits per heavy atom. The van der Waals surface area contributed by atoms with Gasteiger partial charge < -0.3 is 14.4 Å². The Bertz CT molecular complexity index is 958. The highest BCUT2D eigenvalue weighted by Crippen LogP contribution is 2.21. The molecule has 0 bridgehead atoms. The highest BCUT2D eigenvalue weighted by atomic mass is 32.2. The number of carboxylic acid groups (broad SMARTS) is 1. The van der Waals surface area contributed by atoms with E-state index in [4.69, 9.17) is 9.52 Å². The van der Waals surface area contributed by atoms with Crippen LogP contribution < -0.4 is 0 Å². The molecule has 26 heavy (non-hydrogen) atoms. The van der Waals surface area contributed by atoms with Gasteiger partial charge in [-0.05, 0) is 37.1 Å². The fourth-order valence-corrected chi connectivity index (χ4v) is 3.29. The summed E-state index contributed by atoms with van der Waals surface area (Å²) in [5.74, 6) is -0.853. The van der Waals surface area contributed by atoms with Crippen LogP contribution in [0.4, 0.5) is 0 Å². The first-order valence-corrected chi connectivity index (χ1v) is 9.84. The summed E-state index contributed by atoms with van der Waals surface area (Å²) in [5.41, 5.74) is 1.09. The number of aryl methyl sites for hydroxylation is 2. The Morgan fingerprint density at radius 3 is 2.35 bits per heavy atom. The number of sulfone groups is 1. The van der Waals surface area contributed by atoms with Crippen LogP contribution in [0.5, 0.6) is 0 Å². The molecular formula is C18H21NO6S. The van der Waals surface area contributed by atoms with E-state index in [0.29, 0.717) is 17.7 Å². The van der Waals surface area contributed by atoms with Crippen molar-refractivity contribution in [3.63, 3.8) is 0 Å². The van der Waals surface area contributed by atoms with Gasteiger partial charge in [-0.2, -0.15) is 0 Å². The lowest BCUT2D eigenvalue weighted by Crippen LogP contribution is -2.27. The summed E-state index contributed by atoms with van der Waals surface area (Å²) in [4.78, 5) is 25.3. The third-order valence-corrected chi connectivity index (χ3v) is 5.17. The molecule has 0 atom stereocenters. The highest BCUT2D eigenvalue weighted by molar-refractivity contribution is 7.90. The maximum Gasteiger partial charge on any atom is 0.339 e. The number of nitrogens with zero attached hydrogens (tertiary/aromatic N) is 1. The zero-order valence-corrected chi connectivity index (χ0v) is 15.9. The van der Waals surface area contributed by atoms with Crippen molar-refractivity contribution in [2.45, 2.75) is 31.7 Å². The molecule has 0 spiro atoms. The SMILES string of the molecule is CCc1ccc(S(C)(=O)=O)cc1C(=O)N(C)Cc1cc(C(=O)O)c(C)o1. The van der Waals surface area contributed by atoms with E-state index in [9.17, 15) is 18.0 Å². The third kappa shape index (κ3) is 4.13. The first-order chi connectivity index (χ1) is 12.0. The third-order valence-electron chi connectivity index (χ3n) is 4.06. The molecule has 0 saturated heterocycles. The normalized spacial score (nSPS) is 11.4. The second kappa shape index (κ2) is 7.33. The quantitative estimate of drug-likeness (QED) is 0.827. The van der Waals surface area contributed by atoms with E-state index < -0.39 is 15.8 Å². The van der Waals surface area contributed by atoms with Crippen LogP contribution in [-0.2, 0) is 22.8 Å². The molecule has 2 rings (SSSR count). The van der Waals surface area contributed by atoms with Crippen molar-refractivity contribution >= 4 is 21.7 Å². The highest BCUT2D eigenvalue weighted by Gasteiger charge is 2.21. The number of carbonyl (C=O) groups is 2. The van der Waals surface area contributed by atoms with E-state index in [-0.39, 0.29) is 28.7 Å². The van der Waals surface area contributed by atoms with Gasteiger partial charge in [-0.25, -0.2) is 13.2 Å². The van der Waals surface area contributed by atoms with Crippen LogP contribution in [0.1, 0.15) is 44.7 Å². The topological polar surface area (TPSA) is 105 Å². The number of rotatable bonds is 6. The van der Waals surface area contributed by atoms with Crippen molar-refractivity contribution in [3.05, 3.63) is 52.5 Å². The Labute approximate surface area is 152 Å². The van der Waals surface area contributed by atoms with Gasteiger partial charge in [0, 0.05) is 18.9 Å². The molecule has 0 aliphatic heterocycles. The first-order valence-electron chi connectivity index (χ1n) is 7.95. The van der Waals surface area contributed by atoms with Crippen molar-refractivity contribution in [3.8, 4) is 0 Å². The summed E-state index contributed by atoms with van der Waals surface area (Å²) in [6.45, 7) is 3.49. The Balaban J connectivity index is 2.33. The Hall–Kier alpha value is -2.61. The van der Waals surface area contributed by atoms with Crippen LogP contribution in [0.2, 0.25) is 0 Å². The number of carbonyl (C=O) groups excluding carboxylic acids is 1. The van der Waals surface area contributed by atoms with E-state index in [1.165, 1.54) is 23.1 Å². The number of furan rings is 1. The van der Waals surface area contributed by atoms with Crippen molar-refractivity contribution < 1.29 is 27.5 Å². The predicted octanol–water partition coefficient (Wildman–Crippen LogP) is 2.52. The summed E-state index contributed by atoms with van der Waals surface area (Å²) in [5, 5.41) is 9.08. The lowest BCUT2D eigenvalue weighted by molar-refractivity contribution is 0.0694. The van der Waals surface area contributed by atoms with Crippen LogP contribution in [0, 0.1) is 6.92 Å². The Morgan fingerprint density at radius 1 is 1.19 bits per heavy atom. The minimum atomic E-state index is -3.43. The molecule has 1 heterocycles. The second-order valence-corrected chi connectivity index (χ2v) is 8.11. The van der Waals surface area contributed by atoms with Crippen LogP contribution >= 0.6 is 0 Å². The number of hydrogen-bond donors (Lipinski definition) is 1. The summed E-state index contributed by atoms with van der Waals surface area (Å²) in [6.07, 6.45) is 1.66. The van der Waals surface area contributed by atoms with Gasteiger partial charge in [-0.15, -0.1) is 0 Å². The molecule has 0 radical (unpaired) electrons. The number of carboxylic acids is 1. The zero-order chi connectivity index (χ0) is 19.6. The summed E-state index contributed by atoms with van der Waals surface area (Å²) < 4.78 is 29.0. The molecule has 1 aromatic carbocycles. The molecule has 8 heteroatoms. The van der Waals surface area contributed by atoms with Crippen molar-refractivity contribution in [1.29, 1.82) is 0 Å². The molecule has 1 aromatic heterocycles. The fourth-order valence-electron chi connectivity index (χ4n) is 2.64. The molecule has 140 valence electrons. The molecule has 2 aromatic rings. The lowest BCUT2D eigenvalue weighted by Gasteiger charge is -2.18. The molecular weight excluding hydrogens is 358 g/mol. The summed E-state index contributed by atoms with van der Waals surface area (Å²) >= 11 is 0. The van der Waals surface area contributed by atoms with E-state index in [1.54, 1.807) is 20.0 Å². The van der Waals surface area contributed by atoms with Gasteiger partial charge in [-0.3, -0.25) is 4.79 Å².